The molecule has 0 radical (unpaired) electrons. The van der Waals surface area contributed by atoms with Gasteiger partial charge in [0.2, 0.25) is 5.91 Å². The molecule has 0 spiro atoms. The maximum atomic E-state index is 11.7. The van der Waals surface area contributed by atoms with Gasteiger partial charge in [-0.25, -0.2) is 4.68 Å². The molecular formula is C11H14IN3O2. The monoisotopic (exact) mass is 347 g/mol. The Morgan fingerprint density at radius 3 is 2.88 bits per heavy atom. The van der Waals surface area contributed by atoms with E-state index in [-0.39, 0.29) is 24.1 Å². The minimum atomic E-state index is -0.238. The molecule has 0 aliphatic heterocycles. The van der Waals surface area contributed by atoms with Gasteiger partial charge >= 0.3 is 0 Å². The van der Waals surface area contributed by atoms with E-state index < -0.39 is 0 Å². The van der Waals surface area contributed by atoms with Crippen molar-refractivity contribution in [3.05, 3.63) is 26.2 Å². The van der Waals surface area contributed by atoms with Crippen molar-refractivity contribution < 1.29 is 4.79 Å². The zero-order chi connectivity index (χ0) is 12.3. The number of halogens is 1. The lowest BCUT2D eigenvalue weighted by Gasteiger charge is -2.12. The molecule has 1 aliphatic carbocycles. The van der Waals surface area contributed by atoms with Gasteiger partial charge in [0, 0.05) is 15.7 Å². The zero-order valence-electron chi connectivity index (χ0n) is 9.36. The van der Waals surface area contributed by atoms with Crippen molar-refractivity contribution >= 4 is 28.5 Å². The molecule has 1 amide bonds. The molecule has 0 atom stereocenters. The van der Waals surface area contributed by atoms with Gasteiger partial charge in [0.05, 0.1) is 6.20 Å². The molecule has 17 heavy (non-hydrogen) atoms. The van der Waals surface area contributed by atoms with Gasteiger partial charge in [0.25, 0.3) is 5.56 Å². The third kappa shape index (κ3) is 3.52. The van der Waals surface area contributed by atoms with Gasteiger partial charge in [0.1, 0.15) is 6.54 Å². The van der Waals surface area contributed by atoms with E-state index in [2.05, 4.69) is 10.4 Å². The highest BCUT2D eigenvalue weighted by molar-refractivity contribution is 14.1. The molecule has 1 aliphatic rings. The Morgan fingerprint density at radius 2 is 2.24 bits per heavy atom. The molecule has 0 bridgehead atoms. The Labute approximate surface area is 113 Å². The van der Waals surface area contributed by atoms with Crippen LogP contribution in [0.15, 0.2) is 17.1 Å². The third-order valence-electron chi connectivity index (χ3n) is 2.85. The molecule has 5 nitrogen and oxygen atoms in total. The fourth-order valence-corrected chi connectivity index (χ4v) is 2.40. The molecule has 2 rings (SSSR count). The summed E-state index contributed by atoms with van der Waals surface area (Å²) < 4.78 is 1.96. The van der Waals surface area contributed by atoms with E-state index >= 15 is 0 Å². The van der Waals surface area contributed by atoms with Gasteiger partial charge in [-0.3, -0.25) is 9.59 Å². The number of hydrogen-bond donors (Lipinski definition) is 1. The molecule has 1 fully saturated rings. The number of carbonyl (C=O) groups is 1. The zero-order valence-corrected chi connectivity index (χ0v) is 11.5. The summed E-state index contributed by atoms with van der Waals surface area (Å²) in [7, 11) is 0. The summed E-state index contributed by atoms with van der Waals surface area (Å²) in [5.74, 6) is -0.132. The number of carbonyl (C=O) groups excluding carboxylic acids is 1. The van der Waals surface area contributed by atoms with Gasteiger partial charge in [-0.15, -0.1) is 0 Å². The lowest BCUT2D eigenvalue weighted by atomic mass is 10.2. The van der Waals surface area contributed by atoms with Crippen molar-refractivity contribution in [3.8, 4) is 0 Å². The number of nitrogens with one attached hydrogen (secondary N) is 1. The molecule has 92 valence electrons. The highest BCUT2D eigenvalue weighted by Crippen LogP contribution is 2.17. The Morgan fingerprint density at radius 1 is 1.53 bits per heavy atom. The maximum Gasteiger partial charge on any atom is 0.268 e. The molecule has 0 unspecified atom stereocenters. The van der Waals surface area contributed by atoms with Crippen LogP contribution in [0.5, 0.6) is 0 Å². The molecule has 1 heterocycles. The van der Waals surface area contributed by atoms with E-state index in [4.69, 9.17) is 0 Å². The fourth-order valence-electron chi connectivity index (χ4n) is 2.01. The standard InChI is InChI=1S/C11H14IN3O2/c12-8-5-11(17)15(13-6-8)7-10(16)14-9-3-1-2-4-9/h5-6,9H,1-4,7H2,(H,14,16). The van der Waals surface area contributed by atoms with Crippen molar-refractivity contribution in [1.29, 1.82) is 0 Å². The van der Waals surface area contributed by atoms with Gasteiger partial charge in [0.15, 0.2) is 0 Å². The number of amides is 1. The molecule has 1 aromatic rings. The topological polar surface area (TPSA) is 64.0 Å². The molecule has 1 saturated carbocycles. The van der Waals surface area contributed by atoms with Crippen molar-refractivity contribution in [1.82, 2.24) is 15.1 Å². The van der Waals surface area contributed by atoms with Crippen LogP contribution in [0.1, 0.15) is 25.7 Å². The van der Waals surface area contributed by atoms with Crippen LogP contribution in [0, 0.1) is 3.57 Å². The summed E-state index contributed by atoms with van der Waals surface area (Å²) in [5.41, 5.74) is -0.238. The normalized spacial score (nSPS) is 16.1. The van der Waals surface area contributed by atoms with Crippen molar-refractivity contribution in [3.63, 3.8) is 0 Å². The summed E-state index contributed by atoms with van der Waals surface area (Å²) >= 11 is 2.02. The first-order valence-corrected chi connectivity index (χ1v) is 6.75. The molecule has 1 aromatic heterocycles. The lowest BCUT2D eigenvalue weighted by Crippen LogP contribution is -2.38. The minimum absolute atomic E-state index is 0.00620. The van der Waals surface area contributed by atoms with Crippen LogP contribution in [-0.4, -0.2) is 21.7 Å². The number of aromatic nitrogens is 2. The van der Waals surface area contributed by atoms with E-state index in [0.29, 0.717) is 0 Å². The lowest BCUT2D eigenvalue weighted by molar-refractivity contribution is -0.122. The van der Waals surface area contributed by atoms with Crippen molar-refractivity contribution in [2.75, 3.05) is 0 Å². The summed E-state index contributed by atoms with van der Waals surface area (Å²) in [5, 5.41) is 6.86. The van der Waals surface area contributed by atoms with Gasteiger partial charge in [-0.1, -0.05) is 12.8 Å². The number of hydrogen-bond acceptors (Lipinski definition) is 3. The number of rotatable bonds is 3. The van der Waals surface area contributed by atoms with Crippen LogP contribution in [0.25, 0.3) is 0 Å². The fraction of sp³-hybridized carbons (Fsp3) is 0.545. The van der Waals surface area contributed by atoms with Crippen LogP contribution >= 0.6 is 22.6 Å². The van der Waals surface area contributed by atoms with E-state index in [0.717, 1.165) is 16.4 Å². The number of nitrogens with zero attached hydrogens (tertiary/aromatic N) is 2. The summed E-state index contributed by atoms with van der Waals surface area (Å²) in [4.78, 5) is 23.2. The van der Waals surface area contributed by atoms with E-state index in [1.165, 1.54) is 23.6 Å². The minimum Gasteiger partial charge on any atom is -0.352 e. The summed E-state index contributed by atoms with van der Waals surface area (Å²) in [6, 6.07) is 1.75. The average Bonchev–Trinajstić information content (AvgIpc) is 2.75. The second-order valence-corrected chi connectivity index (χ2v) is 5.46. The second-order valence-electron chi connectivity index (χ2n) is 4.22. The molecular weight excluding hydrogens is 333 g/mol. The highest BCUT2D eigenvalue weighted by atomic mass is 127. The Bertz CT molecular complexity index is 466. The second kappa shape index (κ2) is 5.61. The average molecular weight is 347 g/mol. The highest BCUT2D eigenvalue weighted by Gasteiger charge is 2.17. The SMILES string of the molecule is O=C(Cn1ncc(I)cc1=O)NC1CCCC1. The van der Waals surface area contributed by atoms with Gasteiger partial charge in [-0.05, 0) is 35.4 Å². The first kappa shape index (κ1) is 12.5. The predicted octanol–water partition coefficient (Wildman–Crippen LogP) is 0.907. The molecule has 6 heteroatoms. The van der Waals surface area contributed by atoms with Crippen molar-refractivity contribution in [2.24, 2.45) is 0 Å². The van der Waals surface area contributed by atoms with E-state index in [1.54, 1.807) is 6.20 Å². The van der Waals surface area contributed by atoms with Crippen LogP contribution in [0.2, 0.25) is 0 Å². The van der Waals surface area contributed by atoms with Crippen molar-refractivity contribution in [2.45, 2.75) is 38.3 Å². The van der Waals surface area contributed by atoms with Crippen LogP contribution in [0.4, 0.5) is 0 Å². The smallest absolute Gasteiger partial charge is 0.268 e. The third-order valence-corrected chi connectivity index (χ3v) is 3.44. The first-order valence-electron chi connectivity index (χ1n) is 5.67. The van der Waals surface area contributed by atoms with Gasteiger partial charge in [-0.2, -0.15) is 5.10 Å². The molecule has 0 aromatic carbocycles. The van der Waals surface area contributed by atoms with E-state index in [1.807, 2.05) is 22.6 Å². The summed E-state index contributed by atoms with van der Waals surface area (Å²) in [6.07, 6.45) is 6.01. The maximum absolute atomic E-state index is 11.7. The predicted molar refractivity (Wildman–Crippen MR) is 71.6 cm³/mol. The largest absolute Gasteiger partial charge is 0.352 e. The summed E-state index contributed by atoms with van der Waals surface area (Å²) in [6.45, 7) is 0.00620. The molecule has 1 N–H and O–H groups in total. The van der Waals surface area contributed by atoms with Gasteiger partial charge < -0.3 is 5.32 Å². The Kier molecular flexibility index (Phi) is 4.14. The Hall–Kier alpha value is -0.920. The first-order chi connectivity index (χ1) is 8.15. The quantitative estimate of drug-likeness (QED) is 0.827. The van der Waals surface area contributed by atoms with E-state index in [9.17, 15) is 9.59 Å². The Balaban J connectivity index is 1.95. The molecule has 0 saturated heterocycles. The van der Waals surface area contributed by atoms with Crippen LogP contribution < -0.4 is 10.9 Å². The van der Waals surface area contributed by atoms with Crippen LogP contribution in [0.3, 0.4) is 0 Å². The van der Waals surface area contributed by atoms with Crippen LogP contribution in [-0.2, 0) is 11.3 Å².